The first-order valence-electron chi connectivity index (χ1n) is 7.65. The van der Waals surface area contributed by atoms with Crippen LogP contribution in [0, 0.1) is 0 Å². The maximum absolute atomic E-state index is 12.9. The van der Waals surface area contributed by atoms with Crippen LogP contribution in [0.15, 0.2) is 17.8 Å². The van der Waals surface area contributed by atoms with Crippen molar-refractivity contribution in [3.05, 3.63) is 23.5 Å². The molecule has 0 atom stereocenters. The van der Waals surface area contributed by atoms with Gasteiger partial charge in [-0.2, -0.15) is 5.10 Å². The van der Waals surface area contributed by atoms with E-state index >= 15 is 0 Å². The van der Waals surface area contributed by atoms with Crippen molar-refractivity contribution in [3.63, 3.8) is 0 Å². The quantitative estimate of drug-likeness (QED) is 0.905. The summed E-state index contributed by atoms with van der Waals surface area (Å²) < 4.78 is 0. The minimum absolute atomic E-state index is 0.0351. The Kier molecular flexibility index (Phi) is 4.54. The maximum Gasteiger partial charge on any atom is 0.273 e. The van der Waals surface area contributed by atoms with Crippen molar-refractivity contribution in [1.82, 2.24) is 25.4 Å². The average molecular weight is 319 g/mol. The van der Waals surface area contributed by atoms with Gasteiger partial charge in [-0.15, -0.1) is 11.3 Å². The predicted octanol–water partition coefficient (Wildman–Crippen LogP) is 2.14. The number of hydrogen-bond donors (Lipinski definition) is 2. The Bertz CT molecular complexity index is 616. The van der Waals surface area contributed by atoms with Gasteiger partial charge in [0.25, 0.3) is 5.91 Å². The van der Waals surface area contributed by atoms with Gasteiger partial charge < -0.3 is 10.2 Å². The molecule has 1 aliphatic rings. The Hall–Kier alpha value is -1.73. The van der Waals surface area contributed by atoms with Crippen molar-refractivity contribution in [1.29, 1.82) is 0 Å². The number of nitrogens with zero attached hydrogens (tertiary/aromatic N) is 3. The third-order valence-corrected chi connectivity index (χ3v) is 4.85. The monoisotopic (exact) mass is 319 g/mol. The van der Waals surface area contributed by atoms with Gasteiger partial charge in [0.1, 0.15) is 10.7 Å². The Labute approximate surface area is 133 Å². The Balaban J connectivity index is 1.81. The van der Waals surface area contributed by atoms with Crippen molar-refractivity contribution in [2.45, 2.75) is 38.8 Å². The standard InChI is InChI=1S/C15H21N5OS/c1-10(2)20(12-3-5-16-6-4-12)15(21)13-9-22-14(19-13)11-7-17-18-8-11/h7-10,12,16H,3-6H2,1-2H3,(H,17,18). The summed E-state index contributed by atoms with van der Waals surface area (Å²) in [6, 6.07) is 0.475. The molecule has 0 aliphatic carbocycles. The first-order chi connectivity index (χ1) is 10.7. The second-order valence-corrected chi connectivity index (χ2v) is 6.67. The Morgan fingerprint density at radius 1 is 1.41 bits per heavy atom. The molecule has 7 heteroatoms. The summed E-state index contributed by atoms with van der Waals surface area (Å²) in [5.74, 6) is 0.0351. The number of carbonyl (C=O) groups excluding carboxylic acids is 1. The molecule has 118 valence electrons. The summed E-state index contributed by atoms with van der Waals surface area (Å²) in [6.45, 7) is 6.09. The summed E-state index contributed by atoms with van der Waals surface area (Å²) in [4.78, 5) is 19.4. The number of rotatable bonds is 4. The van der Waals surface area contributed by atoms with E-state index in [1.165, 1.54) is 11.3 Å². The van der Waals surface area contributed by atoms with Gasteiger partial charge in [-0.1, -0.05) is 0 Å². The lowest BCUT2D eigenvalue weighted by molar-refractivity contribution is 0.0560. The molecule has 3 rings (SSSR count). The zero-order valence-corrected chi connectivity index (χ0v) is 13.7. The summed E-state index contributed by atoms with van der Waals surface area (Å²) in [5.41, 5.74) is 1.45. The highest BCUT2D eigenvalue weighted by Crippen LogP contribution is 2.25. The fourth-order valence-corrected chi connectivity index (χ4v) is 3.69. The van der Waals surface area contributed by atoms with Gasteiger partial charge in [0, 0.05) is 29.2 Å². The minimum atomic E-state index is 0.0351. The van der Waals surface area contributed by atoms with Crippen molar-refractivity contribution in [2.24, 2.45) is 0 Å². The molecule has 1 aliphatic heterocycles. The molecular formula is C15H21N5OS. The summed E-state index contributed by atoms with van der Waals surface area (Å²) in [6.07, 6.45) is 5.52. The third-order valence-electron chi connectivity index (χ3n) is 3.96. The number of hydrogen-bond acceptors (Lipinski definition) is 5. The second-order valence-electron chi connectivity index (χ2n) is 5.81. The Morgan fingerprint density at radius 2 is 2.18 bits per heavy atom. The molecule has 3 heterocycles. The van der Waals surface area contributed by atoms with Gasteiger partial charge in [-0.3, -0.25) is 9.89 Å². The fourth-order valence-electron chi connectivity index (χ4n) is 2.91. The van der Waals surface area contributed by atoms with Crippen LogP contribution in [0.4, 0.5) is 0 Å². The fraction of sp³-hybridized carbons (Fsp3) is 0.533. The van der Waals surface area contributed by atoms with Crippen molar-refractivity contribution in [2.75, 3.05) is 13.1 Å². The molecule has 6 nitrogen and oxygen atoms in total. The number of aromatic amines is 1. The van der Waals surface area contributed by atoms with Crippen molar-refractivity contribution < 1.29 is 4.79 Å². The molecule has 2 N–H and O–H groups in total. The van der Waals surface area contributed by atoms with E-state index in [9.17, 15) is 4.79 Å². The number of piperidine rings is 1. The molecule has 1 amide bonds. The first kappa shape index (κ1) is 15.2. The summed E-state index contributed by atoms with van der Waals surface area (Å²) in [7, 11) is 0. The van der Waals surface area contributed by atoms with Gasteiger partial charge in [-0.05, 0) is 39.8 Å². The number of aromatic nitrogens is 3. The molecule has 0 saturated carbocycles. The lowest BCUT2D eigenvalue weighted by Crippen LogP contribution is -2.49. The average Bonchev–Trinajstić information content (AvgIpc) is 3.19. The molecule has 0 radical (unpaired) electrons. The van der Waals surface area contributed by atoms with E-state index in [-0.39, 0.29) is 11.9 Å². The van der Waals surface area contributed by atoms with Crippen LogP contribution in [-0.4, -0.2) is 51.2 Å². The first-order valence-corrected chi connectivity index (χ1v) is 8.53. The van der Waals surface area contributed by atoms with Crippen LogP contribution in [0.1, 0.15) is 37.2 Å². The smallest absolute Gasteiger partial charge is 0.273 e. The highest BCUT2D eigenvalue weighted by molar-refractivity contribution is 7.13. The molecule has 1 saturated heterocycles. The van der Waals surface area contributed by atoms with Crippen LogP contribution in [-0.2, 0) is 0 Å². The topological polar surface area (TPSA) is 73.9 Å². The lowest BCUT2D eigenvalue weighted by Gasteiger charge is -2.37. The Morgan fingerprint density at radius 3 is 2.82 bits per heavy atom. The van der Waals surface area contributed by atoms with Gasteiger partial charge in [0.2, 0.25) is 0 Å². The zero-order valence-electron chi connectivity index (χ0n) is 12.9. The molecular weight excluding hydrogens is 298 g/mol. The van der Waals surface area contributed by atoms with E-state index < -0.39 is 0 Å². The van der Waals surface area contributed by atoms with E-state index in [4.69, 9.17) is 0 Å². The van der Waals surface area contributed by atoms with Crippen LogP contribution in [0.5, 0.6) is 0 Å². The van der Waals surface area contributed by atoms with E-state index in [0.717, 1.165) is 36.5 Å². The molecule has 0 spiro atoms. The molecule has 0 unspecified atom stereocenters. The van der Waals surface area contributed by atoms with Crippen LogP contribution >= 0.6 is 11.3 Å². The molecule has 0 bridgehead atoms. The molecule has 0 aromatic carbocycles. The van der Waals surface area contributed by atoms with Gasteiger partial charge in [0.05, 0.1) is 6.20 Å². The number of amides is 1. The van der Waals surface area contributed by atoms with Crippen LogP contribution < -0.4 is 5.32 Å². The highest BCUT2D eigenvalue weighted by Gasteiger charge is 2.29. The third kappa shape index (κ3) is 3.05. The van der Waals surface area contributed by atoms with Gasteiger partial charge in [0.15, 0.2) is 0 Å². The predicted molar refractivity (Wildman–Crippen MR) is 86.9 cm³/mol. The van der Waals surface area contributed by atoms with Gasteiger partial charge >= 0.3 is 0 Å². The normalized spacial score (nSPS) is 16.1. The number of carbonyl (C=O) groups is 1. The number of H-pyrrole nitrogens is 1. The largest absolute Gasteiger partial charge is 0.332 e. The van der Waals surface area contributed by atoms with Crippen LogP contribution in [0.25, 0.3) is 10.6 Å². The highest BCUT2D eigenvalue weighted by atomic mass is 32.1. The molecule has 2 aromatic heterocycles. The maximum atomic E-state index is 12.9. The van der Waals surface area contributed by atoms with Gasteiger partial charge in [-0.25, -0.2) is 4.98 Å². The summed E-state index contributed by atoms with van der Waals surface area (Å²) >= 11 is 1.48. The molecule has 1 fully saturated rings. The number of nitrogens with one attached hydrogen (secondary N) is 2. The van der Waals surface area contributed by atoms with Crippen LogP contribution in [0.2, 0.25) is 0 Å². The second kappa shape index (κ2) is 6.58. The summed E-state index contributed by atoms with van der Waals surface area (Å²) in [5, 5.41) is 12.7. The SMILES string of the molecule is CC(C)N(C(=O)c1csc(-c2cn[nH]c2)n1)C1CCNCC1. The van der Waals surface area contributed by atoms with Crippen molar-refractivity contribution >= 4 is 17.2 Å². The van der Waals surface area contributed by atoms with E-state index in [0.29, 0.717) is 11.7 Å². The van der Waals surface area contributed by atoms with Crippen molar-refractivity contribution in [3.8, 4) is 10.6 Å². The van der Waals surface area contributed by atoms with E-state index in [1.54, 1.807) is 12.4 Å². The van der Waals surface area contributed by atoms with E-state index in [1.807, 2.05) is 10.3 Å². The molecule has 22 heavy (non-hydrogen) atoms. The number of thiazole rings is 1. The lowest BCUT2D eigenvalue weighted by atomic mass is 10.0. The van der Waals surface area contributed by atoms with Crippen LogP contribution in [0.3, 0.4) is 0 Å². The molecule has 2 aromatic rings. The van der Waals surface area contributed by atoms with E-state index in [2.05, 4.69) is 34.3 Å². The minimum Gasteiger partial charge on any atom is -0.332 e. The zero-order chi connectivity index (χ0) is 15.5.